The Hall–Kier alpha value is -2.26. The molecule has 0 bridgehead atoms. The molecule has 0 fully saturated rings. The zero-order valence-electron chi connectivity index (χ0n) is 26.3. The van der Waals surface area contributed by atoms with E-state index >= 15 is 0 Å². The second kappa shape index (κ2) is 16.2. The normalized spacial score (nSPS) is 26.4. The van der Waals surface area contributed by atoms with Gasteiger partial charge < -0.3 is 49.8 Å². The van der Waals surface area contributed by atoms with Crippen LogP contribution >= 0.6 is 79.6 Å². The minimum absolute atomic E-state index is 0.00566. The molecule has 5 unspecified atom stereocenters. The first-order valence-electron chi connectivity index (χ1n) is 14.9. The summed E-state index contributed by atoms with van der Waals surface area (Å²) in [4.78, 5) is 36.6. The maximum Gasteiger partial charge on any atom is 0.269 e. The summed E-state index contributed by atoms with van der Waals surface area (Å²) < 4.78 is 18.8. The van der Waals surface area contributed by atoms with Crippen LogP contribution in [-0.4, -0.2) is 95.9 Å². The molecule has 4 aliphatic rings. The minimum Gasteiger partial charge on any atom is -0.495 e. The van der Waals surface area contributed by atoms with E-state index in [1.807, 2.05) is 0 Å². The molecule has 2 amide bonds. The average molecular weight is 1020 g/mol. The number of ether oxygens (including phenoxy) is 3. The maximum absolute atomic E-state index is 12.9. The van der Waals surface area contributed by atoms with Gasteiger partial charge in [0.2, 0.25) is 0 Å². The van der Waals surface area contributed by atoms with Crippen molar-refractivity contribution < 1.29 is 48.8 Å². The van der Waals surface area contributed by atoms with E-state index in [0.29, 0.717) is 58.2 Å². The number of oxime groups is 2. The van der Waals surface area contributed by atoms with Gasteiger partial charge in [-0.1, -0.05) is 16.4 Å². The standard InChI is InChI=1S/C31H31Br5N4O10/c1-46-24-16(33)9-30(26(42)22(24)35)11-18(39-49-30)28(44)37-6-3-7-48-21-5-4-14(8-15(21)32)20(41)13-38-29(45)19-12-31(50-40-19)10-17(34)25(47-2)23(36)27(31)43/h4-5,8-10,20,26-27,41-43H,3,6-7,11-13H2,1-2H3,(H,37,44)(H,38,45). The largest absolute Gasteiger partial charge is 0.495 e. The van der Waals surface area contributed by atoms with Crippen LogP contribution in [0.4, 0.5) is 0 Å². The van der Waals surface area contributed by atoms with Crippen LogP contribution in [0, 0.1) is 0 Å². The fourth-order valence-electron chi connectivity index (χ4n) is 5.45. The van der Waals surface area contributed by atoms with E-state index in [1.165, 1.54) is 14.2 Å². The van der Waals surface area contributed by atoms with E-state index < -0.39 is 41.3 Å². The fourth-order valence-corrected chi connectivity index (χ4v) is 9.54. The number of carbonyl (C=O) groups is 2. The van der Waals surface area contributed by atoms with Crippen molar-refractivity contribution >= 4 is 103 Å². The van der Waals surface area contributed by atoms with Crippen LogP contribution in [0.25, 0.3) is 0 Å². The van der Waals surface area contributed by atoms with Crippen LogP contribution in [0.3, 0.4) is 0 Å². The lowest BCUT2D eigenvalue weighted by molar-refractivity contribution is -0.116. The van der Waals surface area contributed by atoms with Gasteiger partial charge in [-0.05, 0) is 116 Å². The van der Waals surface area contributed by atoms with Gasteiger partial charge >= 0.3 is 0 Å². The van der Waals surface area contributed by atoms with Crippen LogP contribution in [0.1, 0.15) is 30.9 Å². The number of nitrogens with one attached hydrogen (secondary N) is 2. The lowest BCUT2D eigenvalue weighted by Gasteiger charge is -2.33. The molecule has 0 aromatic heterocycles. The van der Waals surface area contributed by atoms with E-state index in [4.69, 9.17) is 23.9 Å². The van der Waals surface area contributed by atoms with Crippen molar-refractivity contribution in [2.24, 2.45) is 10.3 Å². The molecule has 1 aromatic rings. The van der Waals surface area contributed by atoms with Gasteiger partial charge in [-0.2, -0.15) is 0 Å². The average Bonchev–Trinajstić information content (AvgIpc) is 3.72. The molecule has 14 nitrogen and oxygen atoms in total. The molecule has 270 valence electrons. The number of hydrogen-bond acceptors (Lipinski definition) is 12. The first-order valence-corrected chi connectivity index (χ1v) is 18.9. The summed E-state index contributed by atoms with van der Waals surface area (Å²) in [5.41, 5.74) is -1.80. The lowest BCUT2D eigenvalue weighted by Crippen LogP contribution is -2.45. The number of rotatable bonds is 12. The number of nitrogens with zero attached hydrogens (tertiary/aromatic N) is 2. The van der Waals surface area contributed by atoms with Gasteiger partial charge in [-0.15, -0.1) is 0 Å². The first-order chi connectivity index (χ1) is 23.8. The summed E-state index contributed by atoms with van der Waals surface area (Å²) in [6, 6.07) is 5.04. The lowest BCUT2D eigenvalue weighted by atomic mass is 9.87. The highest BCUT2D eigenvalue weighted by atomic mass is 79.9. The van der Waals surface area contributed by atoms with Gasteiger partial charge in [0.25, 0.3) is 11.8 Å². The first kappa shape index (κ1) is 39.0. The number of aliphatic hydroxyl groups excluding tert-OH is 3. The number of allylic oxidation sites excluding steroid dienone is 2. The summed E-state index contributed by atoms with van der Waals surface area (Å²) in [5.74, 6) is 0.386. The highest BCUT2D eigenvalue weighted by molar-refractivity contribution is 9.12. The number of amides is 2. The van der Waals surface area contributed by atoms with Crippen LogP contribution in [-0.2, 0) is 28.7 Å². The molecule has 2 spiro atoms. The van der Waals surface area contributed by atoms with E-state index in [0.717, 1.165) is 0 Å². The van der Waals surface area contributed by atoms with Crippen LogP contribution in [0.5, 0.6) is 5.75 Å². The summed E-state index contributed by atoms with van der Waals surface area (Å²) >= 11 is 16.9. The van der Waals surface area contributed by atoms with Crippen LogP contribution < -0.4 is 15.4 Å². The highest BCUT2D eigenvalue weighted by Gasteiger charge is 2.52. The summed E-state index contributed by atoms with van der Waals surface area (Å²) in [6.07, 6.45) is 0.440. The van der Waals surface area contributed by atoms with Crippen molar-refractivity contribution in [1.29, 1.82) is 0 Å². The van der Waals surface area contributed by atoms with Gasteiger partial charge in [0.15, 0.2) is 11.2 Å². The Morgan fingerprint density at radius 1 is 0.900 bits per heavy atom. The fraction of sp³-hybridized carbons (Fsp3) is 0.419. The highest BCUT2D eigenvalue weighted by Crippen LogP contribution is 2.45. The van der Waals surface area contributed by atoms with Gasteiger partial charge in [-0.3, -0.25) is 9.59 Å². The SMILES string of the molecule is COC1=C(Br)C(O)C2(C=C1Br)CC(C(=O)NCCCOc1ccc(C(O)CNC(=O)C3=NOC4(C=C(Br)C(OC)=C(Br)C4O)C3)cc1Br)=NO2. The molecule has 1 aromatic carbocycles. The molecule has 5 atom stereocenters. The molecule has 0 radical (unpaired) electrons. The van der Waals surface area contributed by atoms with E-state index in [1.54, 1.807) is 30.4 Å². The van der Waals surface area contributed by atoms with E-state index in [2.05, 4.69) is 101 Å². The van der Waals surface area contributed by atoms with Gasteiger partial charge in [0, 0.05) is 25.9 Å². The molecule has 5 rings (SSSR count). The minimum atomic E-state index is -1.29. The van der Waals surface area contributed by atoms with Crippen molar-refractivity contribution in [2.45, 2.75) is 48.8 Å². The molecule has 2 aliphatic carbocycles. The van der Waals surface area contributed by atoms with Crippen molar-refractivity contribution in [3.05, 3.63) is 69.8 Å². The quantitative estimate of drug-likeness (QED) is 0.189. The number of halogens is 5. The Bertz CT molecular complexity index is 1750. The van der Waals surface area contributed by atoms with Crippen molar-refractivity contribution in [2.75, 3.05) is 33.9 Å². The van der Waals surface area contributed by atoms with E-state index in [-0.39, 0.29) is 37.4 Å². The molecule has 0 saturated heterocycles. The Labute approximate surface area is 328 Å². The molecule has 0 saturated carbocycles. The Morgan fingerprint density at radius 3 is 1.92 bits per heavy atom. The number of methoxy groups -OCH3 is 2. The Balaban J connectivity index is 1.04. The van der Waals surface area contributed by atoms with E-state index in [9.17, 15) is 24.9 Å². The summed E-state index contributed by atoms with van der Waals surface area (Å²) in [5, 5.41) is 45.6. The molecular formula is C31H31Br5N4O10. The summed E-state index contributed by atoms with van der Waals surface area (Å²) in [7, 11) is 2.94. The number of carbonyl (C=O) groups excluding carboxylic acids is 2. The van der Waals surface area contributed by atoms with Gasteiger partial charge in [-0.25, -0.2) is 0 Å². The second-order valence-electron chi connectivity index (χ2n) is 11.4. The van der Waals surface area contributed by atoms with Crippen molar-refractivity contribution in [1.82, 2.24) is 10.6 Å². The van der Waals surface area contributed by atoms with Crippen LogP contribution in [0.15, 0.2) is 74.6 Å². The smallest absolute Gasteiger partial charge is 0.269 e. The zero-order chi connectivity index (χ0) is 36.4. The molecule has 19 heteroatoms. The number of benzene rings is 1. The zero-order valence-corrected chi connectivity index (χ0v) is 34.3. The summed E-state index contributed by atoms with van der Waals surface area (Å²) in [6.45, 7) is 0.467. The van der Waals surface area contributed by atoms with Crippen molar-refractivity contribution in [3.63, 3.8) is 0 Å². The monoisotopic (exact) mass is 1010 g/mol. The molecule has 2 heterocycles. The second-order valence-corrected chi connectivity index (χ2v) is 15.7. The topological polar surface area (TPSA) is 190 Å². The molecule has 50 heavy (non-hydrogen) atoms. The third-order valence-electron chi connectivity index (χ3n) is 8.15. The number of aliphatic hydroxyl groups is 3. The predicted molar refractivity (Wildman–Crippen MR) is 199 cm³/mol. The van der Waals surface area contributed by atoms with Gasteiger partial charge in [0.1, 0.15) is 40.9 Å². The Morgan fingerprint density at radius 2 is 1.42 bits per heavy atom. The predicted octanol–water partition coefficient (Wildman–Crippen LogP) is 4.33. The third kappa shape index (κ3) is 7.89. The van der Waals surface area contributed by atoms with Crippen molar-refractivity contribution in [3.8, 4) is 5.75 Å². The van der Waals surface area contributed by atoms with Crippen LogP contribution in [0.2, 0.25) is 0 Å². The molecular weight excluding hydrogens is 988 g/mol. The van der Waals surface area contributed by atoms with Gasteiger partial charge in [0.05, 0.1) is 49.3 Å². The number of hydrogen-bond donors (Lipinski definition) is 5. The Kier molecular flexibility index (Phi) is 12.6. The third-order valence-corrected chi connectivity index (χ3v) is 11.5. The molecule has 2 aliphatic heterocycles. The molecule has 5 N–H and O–H groups in total. The maximum atomic E-state index is 12.9.